The molecule has 1 fully saturated rings. The van der Waals surface area contributed by atoms with Crippen LogP contribution in [-0.2, 0) is 4.74 Å². The number of aliphatic hydroxyl groups is 1. The number of benzene rings is 1. The fourth-order valence-electron chi connectivity index (χ4n) is 5.11. The standard InChI is InChI=1S/C27H36N4O.C10H22O.C4H10/c1-6-8-11-24(23-12-9-13-25(19-23)26(28-5)10-7-2)20-27(30-14-16-32-17-15-30)31-22(4)18-21(3)29-31;1-4-6-10(11)8-7-9(3)5-2;1-3-4-2/h7,9-13,18-20H,6,8,14-17H2,1-5H3;9-11H,4-8H2,1-3H3;3-4H2,1-2H3/b10-7-,24-11-,27-20-,28-26?;;. The minimum atomic E-state index is -0.0472. The molecule has 0 aliphatic carbocycles. The van der Waals surface area contributed by atoms with Crippen molar-refractivity contribution in [3.8, 4) is 0 Å². The number of morpholine rings is 1. The molecule has 6 nitrogen and oxygen atoms in total. The first-order valence-electron chi connectivity index (χ1n) is 18.4. The van der Waals surface area contributed by atoms with E-state index in [0.29, 0.717) is 0 Å². The lowest BCUT2D eigenvalue weighted by Crippen LogP contribution is -2.37. The van der Waals surface area contributed by atoms with E-state index in [0.717, 1.165) is 92.8 Å². The Kier molecular flexibility index (Phi) is 22.5. The van der Waals surface area contributed by atoms with Crippen molar-refractivity contribution in [1.29, 1.82) is 0 Å². The van der Waals surface area contributed by atoms with Crippen molar-refractivity contribution in [2.45, 2.75) is 126 Å². The Morgan fingerprint density at radius 3 is 2.17 bits per heavy atom. The lowest BCUT2D eigenvalue weighted by atomic mass is 9.99. The van der Waals surface area contributed by atoms with E-state index in [4.69, 9.17) is 9.84 Å². The van der Waals surface area contributed by atoms with Gasteiger partial charge in [0, 0.05) is 31.4 Å². The van der Waals surface area contributed by atoms with Crippen molar-refractivity contribution in [3.05, 3.63) is 77.2 Å². The van der Waals surface area contributed by atoms with Gasteiger partial charge in [-0.2, -0.15) is 5.10 Å². The number of hydrogen-bond acceptors (Lipinski definition) is 5. The number of aromatic nitrogens is 2. The van der Waals surface area contributed by atoms with Crippen molar-refractivity contribution >= 4 is 17.1 Å². The minimum absolute atomic E-state index is 0.0472. The van der Waals surface area contributed by atoms with E-state index >= 15 is 0 Å². The van der Waals surface area contributed by atoms with Gasteiger partial charge in [0.2, 0.25) is 0 Å². The van der Waals surface area contributed by atoms with Gasteiger partial charge in [0.05, 0.1) is 30.7 Å². The molecule has 2 unspecified atom stereocenters. The largest absolute Gasteiger partial charge is 0.393 e. The first-order chi connectivity index (χ1) is 22.7. The second-order valence-electron chi connectivity index (χ2n) is 12.6. The maximum Gasteiger partial charge on any atom is 0.131 e. The summed E-state index contributed by atoms with van der Waals surface area (Å²) < 4.78 is 7.69. The number of unbranched alkanes of at least 4 members (excludes halogenated alkanes) is 2. The lowest BCUT2D eigenvalue weighted by molar-refractivity contribution is 0.0611. The average Bonchev–Trinajstić information content (AvgIpc) is 3.43. The molecule has 0 bridgehead atoms. The van der Waals surface area contributed by atoms with Crippen molar-refractivity contribution < 1.29 is 9.84 Å². The van der Waals surface area contributed by atoms with Gasteiger partial charge in [0.1, 0.15) is 5.82 Å². The molecule has 1 aromatic carbocycles. The summed E-state index contributed by atoms with van der Waals surface area (Å²) >= 11 is 0. The molecule has 2 heterocycles. The first kappa shape index (κ1) is 42.1. The maximum absolute atomic E-state index is 9.39. The Morgan fingerprint density at radius 1 is 0.957 bits per heavy atom. The monoisotopic (exact) mass is 649 g/mol. The topological polar surface area (TPSA) is 62.9 Å². The van der Waals surface area contributed by atoms with Crippen molar-refractivity contribution in [1.82, 2.24) is 14.7 Å². The van der Waals surface area contributed by atoms with E-state index in [1.165, 1.54) is 36.8 Å². The predicted octanol–water partition coefficient (Wildman–Crippen LogP) is 10.3. The molecule has 1 aliphatic rings. The highest BCUT2D eigenvalue weighted by atomic mass is 16.5. The van der Waals surface area contributed by atoms with Crippen molar-refractivity contribution in [2.75, 3.05) is 33.4 Å². The fourth-order valence-corrected chi connectivity index (χ4v) is 5.11. The molecular formula is C41H68N4O2. The molecule has 2 atom stereocenters. The summed E-state index contributed by atoms with van der Waals surface area (Å²) in [6.45, 7) is 22.5. The normalized spacial score (nSPS) is 15.6. The van der Waals surface area contributed by atoms with E-state index in [1.807, 2.05) is 27.0 Å². The summed E-state index contributed by atoms with van der Waals surface area (Å²) in [5, 5.41) is 14.2. The van der Waals surface area contributed by atoms with Crippen LogP contribution in [0.2, 0.25) is 0 Å². The Balaban J connectivity index is 0.000000614. The van der Waals surface area contributed by atoms with Gasteiger partial charge in [-0.1, -0.05) is 104 Å². The van der Waals surface area contributed by atoms with E-state index in [1.54, 1.807) is 0 Å². The number of ether oxygens (including phenoxy) is 1. The third-order valence-corrected chi connectivity index (χ3v) is 8.37. The van der Waals surface area contributed by atoms with Gasteiger partial charge in [-0.15, -0.1) is 0 Å². The number of aliphatic hydroxyl groups excluding tert-OH is 1. The molecule has 1 aliphatic heterocycles. The highest BCUT2D eigenvalue weighted by molar-refractivity contribution is 6.09. The van der Waals surface area contributed by atoms with Crippen LogP contribution in [0, 0.1) is 19.8 Å². The lowest BCUT2D eigenvalue weighted by Gasteiger charge is -2.31. The quantitative estimate of drug-likeness (QED) is 0.154. The zero-order valence-corrected chi connectivity index (χ0v) is 31.7. The van der Waals surface area contributed by atoms with Crippen molar-refractivity contribution in [3.63, 3.8) is 0 Å². The summed E-state index contributed by atoms with van der Waals surface area (Å²) in [6, 6.07) is 10.8. The zero-order chi connectivity index (χ0) is 35.0. The summed E-state index contributed by atoms with van der Waals surface area (Å²) in [5.74, 6) is 1.88. The molecule has 0 spiro atoms. The first-order valence-corrected chi connectivity index (χ1v) is 18.4. The van der Waals surface area contributed by atoms with Crippen LogP contribution < -0.4 is 0 Å². The van der Waals surface area contributed by atoms with Crippen LogP contribution in [0.15, 0.2) is 59.6 Å². The van der Waals surface area contributed by atoms with Crippen LogP contribution >= 0.6 is 0 Å². The van der Waals surface area contributed by atoms with Gasteiger partial charge in [0.25, 0.3) is 0 Å². The van der Waals surface area contributed by atoms with Crippen LogP contribution in [0.5, 0.6) is 0 Å². The van der Waals surface area contributed by atoms with Crippen LogP contribution in [-0.4, -0.2) is 65.0 Å². The van der Waals surface area contributed by atoms with Gasteiger partial charge in [-0.3, -0.25) is 4.99 Å². The molecule has 0 radical (unpaired) electrons. The number of aliphatic imine (C=N–C) groups is 1. The Morgan fingerprint density at radius 2 is 1.64 bits per heavy atom. The Hall–Kier alpha value is -2.96. The molecule has 6 heteroatoms. The van der Waals surface area contributed by atoms with E-state index < -0.39 is 0 Å². The van der Waals surface area contributed by atoms with Gasteiger partial charge in [0.15, 0.2) is 0 Å². The summed E-state index contributed by atoms with van der Waals surface area (Å²) in [7, 11) is 1.84. The van der Waals surface area contributed by atoms with Gasteiger partial charge >= 0.3 is 0 Å². The second kappa shape index (κ2) is 25.1. The van der Waals surface area contributed by atoms with E-state index in [2.05, 4.69) is 112 Å². The molecule has 47 heavy (non-hydrogen) atoms. The summed E-state index contributed by atoms with van der Waals surface area (Å²) in [4.78, 5) is 6.85. The predicted molar refractivity (Wildman–Crippen MR) is 205 cm³/mol. The van der Waals surface area contributed by atoms with E-state index in [-0.39, 0.29) is 6.10 Å². The summed E-state index contributed by atoms with van der Waals surface area (Å²) in [6.07, 6.45) is 18.9. The SMILES string of the molecule is C/C=C\C(=NC)c1cccc(C(=C\CCC)/C=C(/N2CCOCC2)n2nc(C)cc2C)c1.CCCC.CCCC(O)CCC(C)CC. The molecule has 1 aromatic heterocycles. The van der Waals surface area contributed by atoms with Crippen LogP contribution in [0.1, 0.15) is 129 Å². The third kappa shape index (κ3) is 16.1. The maximum atomic E-state index is 9.39. The Labute approximate surface area is 288 Å². The van der Waals surface area contributed by atoms with Gasteiger partial charge in [-0.05, 0) is 87.8 Å². The minimum Gasteiger partial charge on any atom is -0.393 e. The molecule has 264 valence electrons. The highest BCUT2D eigenvalue weighted by Crippen LogP contribution is 2.25. The number of hydrogen-bond donors (Lipinski definition) is 1. The second-order valence-corrected chi connectivity index (χ2v) is 12.6. The number of rotatable bonds is 15. The molecule has 1 N–H and O–H groups in total. The van der Waals surface area contributed by atoms with Crippen LogP contribution in [0.3, 0.4) is 0 Å². The Bertz CT molecular complexity index is 1230. The van der Waals surface area contributed by atoms with Gasteiger partial charge in [-0.25, -0.2) is 4.68 Å². The molecule has 3 rings (SSSR count). The molecular weight excluding hydrogens is 580 g/mol. The molecule has 2 aromatic rings. The molecule has 1 saturated heterocycles. The summed E-state index contributed by atoms with van der Waals surface area (Å²) in [5.41, 5.74) is 6.67. The van der Waals surface area contributed by atoms with E-state index in [9.17, 15) is 5.11 Å². The smallest absolute Gasteiger partial charge is 0.131 e. The van der Waals surface area contributed by atoms with Gasteiger partial charge < -0.3 is 14.7 Å². The number of allylic oxidation sites excluding steroid dienone is 5. The average molecular weight is 649 g/mol. The highest BCUT2D eigenvalue weighted by Gasteiger charge is 2.19. The van der Waals surface area contributed by atoms with Crippen molar-refractivity contribution in [2.24, 2.45) is 10.9 Å². The molecule has 0 amide bonds. The third-order valence-electron chi connectivity index (χ3n) is 8.37. The molecule has 0 saturated carbocycles. The van der Waals surface area contributed by atoms with Crippen LogP contribution in [0.25, 0.3) is 11.4 Å². The van der Waals surface area contributed by atoms with Crippen LogP contribution in [0.4, 0.5) is 0 Å². The zero-order valence-electron chi connectivity index (χ0n) is 31.7. The number of nitrogens with zero attached hydrogens (tertiary/aromatic N) is 4. The fraction of sp³-hybridized carbons (Fsp3) is 0.610. The number of aryl methyl sites for hydroxylation is 2.